The zero-order chi connectivity index (χ0) is 21.0. The van der Waals surface area contributed by atoms with Crippen LogP contribution in [0.2, 0.25) is 0 Å². The molecule has 1 amide bonds. The van der Waals surface area contributed by atoms with Crippen LogP contribution in [0.25, 0.3) is 0 Å². The van der Waals surface area contributed by atoms with Gasteiger partial charge in [-0.05, 0) is 36.1 Å². The summed E-state index contributed by atoms with van der Waals surface area (Å²) in [4.78, 5) is 27.5. The topological polar surface area (TPSA) is 109 Å². The van der Waals surface area contributed by atoms with E-state index < -0.39 is 5.91 Å². The number of carbonyl (C=O) groups excluding carboxylic acids is 1. The molecule has 1 fully saturated rings. The summed E-state index contributed by atoms with van der Waals surface area (Å²) in [7, 11) is 2.00. The van der Waals surface area contributed by atoms with Crippen molar-refractivity contribution in [2.75, 3.05) is 36.9 Å². The molecule has 1 aromatic carbocycles. The van der Waals surface area contributed by atoms with E-state index in [0.717, 1.165) is 31.6 Å². The van der Waals surface area contributed by atoms with Crippen molar-refractivity contribution in [3.63, 3.8) is 0 Å². The number of hydrogen-bond acceptors (Lipinski definition) is 7. The number of benzene rings is 1. The molecule has 0 aliphatic carbocycles. The van der Waals surface area contributed by atoms with Crippen molar-refractivity contribution in [2.24, 2.45) is 11.1 Å². The fraction of sp³-hybridized carbons (Fsp3) is 0.524. The van der Waals surface area contributed by atoms with E-state index in [1.807, 2.05) is 19.2 Å². The Morgan fingerprint density at radius 3 is 2.76 bits per heavy atom. The Bertz CT molecular complexity index is 856. The summed E-state index contributed by atoms with van der Waals surface area (Å²) in [5.41, 5.74) is 6.94. The van der Waals surface area contributed by atoms with Gasteiger partial charge in [-0.15, -0.1) is 0 Å². The second kappa shape index (κ2) is 8.73. The number of rotatable bonds is 7. The van der Waals surface area contributed by atoms with Crippen LogP contribution in [0.4, 0.5) is 11.9 Å². The van der Waals surface area contributed by atoms with Crippen molar-refractivity contribution in [2.45, 2.75) is 39.7 Å². The van der Waals surface area contributed by atoms with Crippen LogP contribution in [-0.2, 0) is 6.42 Å². The van der Waals surface area contributed by atoms with Gasteiger partial charge in [-0.1, -0.05) is 32.9 Å². The van der Waals surface area contributed by atoms with Gasteiger partial charge in [0.15, 0.2) is 0 Å². The molecule has 0 saturated carbocycles. The Balaban J connectivity index is 1.88. The zero-order valence-electron chi connectivity index (χ0n) is 17.7. The number of nitrogens with one attached hydrogen (secondary N) is 2. The highest BCUT2D eigenvalue weighted by Crippen LogP contribution is 2.20. The van der Waals surface area contributed by atoms with Gasteiger partial charge in [0.25, 0.3) is 0 Å². The molecule has 1 saturated heterocycles. The highest BCUT2D eigenvalue weighted by atomic mass is 16.1. The molecule has 2 aromatic rings. The van der Waals surface area contributed by atoms with Gasteiger partial charge in [0.05, 0.1) is 0 Å². The molecule has 1 aliphatic heterocycles. The average Bonchev–Trinajstić information content (AvgIpc) is 3.13. The second-order valence-corrected chi connectivity index (χ2v) is 8.87. The van der Waals surface area contributed by atoms with Crippen LogP contribution in [0.1, 0.15) is 48.9 Å². The van der Waals surface area contributed by atoms with E-state index in [-0.39, 0.29) is 5.41 Å². The van der Waals surface area contributed by atoms with E-state index >= 15 is 0 Å². The summed E-state index contributed by atoms with van der Waals surface area (Å²) in [5, 5.41) is 6.77. The molecule has 29 heavy (non-hydrogen) atoms. The van der Waals surface area contributed by atoms with Gasteiger partial charge >= 0.3 is 0 Å². The number of primary amides is 1. The van der Waals surface area contributed by atoms with Crippen molar-refractivity contribution < 1.29 is 4.79 Å². The lowest BCUT2D eigenvalue weighted by Gasteiger charge is -2.27. The predicted molar refractivity (Wildman–Crippen MR) is 115 cm³/mol. The third kappa shape index (κ3) is 6.12. The molecular weight excluding hydrogens is 366 g/mol. The first kappa shape index (κ1) is 21.0. The van der Waals surface area contributed by atoms with Gasteiger partial charge in [-0.2, -0.15) is 15.0 Å². The highest BCUT2D eigenvalue weighted by Gasteiger charge is 2.20. The quantitative estimate of drug-likeness (QED) is 0.654. The van der Waals surface area contributed by atoms with Gasteiger partial charge in [-0.3, -0.25) is 4.79 Å². The molecule has 8 heteroatoms. The van der Waals surface area contributed by atoms with Crippen molar-refractivity contribution >= 4 is 17.8 Å². The summed E-state index contributed by atoms with van der Waals surface area (Å²) >= 11 is 0. The smallest absolute Gasteiger partial charge is 0.248 e. The van der Waals surface area contributed by atoms with Crippen LogP contribution in [-0.4, -0.2) is 53.6 Å². The van der Waals surface area contributed by atoms with Gasteiger partial charge in [0.2, 0.25) is 17.8 Å². The van der Waals surface area contributed by atoms with E-state index in [2.05, 4.69) is 46.3 Å². The maximum absolute atomic E-state index is 11.5. The minimum atomic E-state index is -0.441. The molecule has 0 unspecified atom stereocenters. The third-order valence-electron chi connectivity index (χ3n) is 4.69. The van der Waals surface area contributed by atoms with Crippen molar-refractivity contribution in [1.29, 1.82) is 0 Å². The second-order valence-electron chi connectivity index (χ2n) is 8.87. The van der Waals surface area contributed by atoms with Crippen molar-refractivity contribution in [3.8, 4) is 0 Å². The standard InChI is InChI=1S/C21H31N7O/c1-21(2,3)13-28(4)20-26-17(11-14-6-5-7-15(10-14)18(22)29)25-19(27-20)24-16-8-9-23-12-16/h5-7,10,16,23H,8-9,11-13H2,1-4H3,(H2,22,29)(H,24,25,26,27)/t16-/m1/s1. The van der Waals surface area contributed by atoms with E-state index in [9.17, 15) is 4.79 Å². The Kier molecular flexibility index (Phi) is 6.32. The Morgan fingerprint density at radius 2 is 2.10 bits per heavy atom. The van der Waals surface area contributed by atoms with E-state index in [4.69, 9.17) is 10.7 Å². The van der Waals surface area contributed by atoms with Crippen LogP contribution in [0, 0.1) is 5.41 Å². The average molecular weight is 398 g/mol. The molecule has 3 rings (SSSR count). The van der Waals surface area contributed by atoms with Crippen LogP contribution in [0.5, 0.6) is 0 Å². The van der Waals surface area contributed by atoms with Crippen LogP contribution in [0.15, 0.2) is 24.3 Å². The van der Waals surface area contributed by atoms with Gasteiger partial charge in [0.1, 0.15) is 5.82 Å². The first-order valence-electron chi connectivity index (χ1n) is 10.0. The summed E-state index contributed by atoms with van der Waals surface area (Å²) in [5.74, 6) is 1.45. The number of aromatic nitrogens is 3. The van der Waals surface area contributed by atoms with E-state index in [0.29, 0.717) is 35.7 Å². The lowest BCUT2D eigenvalue weighted by Crippen LogP contribution is -2.31. The molecule has 0 bridgehead atoms. The fourth-order valence-electron chi connectivity index (χ4n) is 3.48. The molecular formula is C21H31N7O. The molecule has 1 atom stereocenters. The number of hydrogen-bond donors (Lipinski definition) is 3. The normalized spacial score (nSPS) is 16.6. The van der Waals surface area contributed by atoms with E-state index in [1.165, 1.54) is 0 Å². The highest BCUT2D eigenvalue weighted by molar-refractivity contribution is 5.92. The van der Waals surface area contributed by atoms with Gasteiger partial charge in [-0.25, -0.2) is 0 Å². The molecule has 156 valence electrons. The minimum absolute atomic E-state index is 0.111. The molecule has 0 spiro atoms. The summed E-state index contributed by atoms with van der Waals surface area (Å²) in [6.45, 7) is 9.26. The van der Waals surface area contributed by atoms with Crippen molar-refractivity contribution in [1.82, 2.24) is 20.3 Å². The number of amides is 1. The molecule has 0 radical (unpaired) electrons. The number of anilines is 2. The fourth-order valence-corrected chi connectivity index (χ4v) is 3.48. The number of nitrogens with zero attached hydrogens (tertiary/aromatic N) is 4. The first-order valence-corrected chi connectivity index (χ1v) is 10.0. The molecule has 2 heterocycles. The maximum Gasteiger partial charge on any atom is 0.248 e. The number of nitrogens with two attached hydrogens (primary N) is 1. The Labute approximate surface area is 172 Å². The van der Waals surface area contributed by atoms with E-state index in [1.54, 1.807) is 12.1 Å². The van der Waals surface area contributed by atoms with Crippen molar-refractivity contribution in [3.05, 3.63) is 41.2 Å². The largest absolute Gasteiger partial charge is 0.366 e. The summed E-state index contributed by atoms with van der Waals surface area (Å²) < 4.78 is 0. The Morgan fingerprint density at radius 1 is 1.31 bits per heavy atom. The molecule has 1 aliphatic rings. The third-order valence-corrected chi connectivity index (χ3v) is 4.69. The first-order chi connectivity index (χ1) is 13.7. The summed E-state index contributed by atoms with van der Waals surface area (Å²) in [6.07, 6.45) is 1.53. The SMILES string of the molecule is CN(CC(C)(C)C)c1nc(Cc2cccc(C(N)=O)c2)nc(N[C@@H]2CCNC2)n1. The lowest BCUT2D eigenvalue weighted by atomic mass is 9.96. The molecule has 8 nitrogen and oxygen atoms in total. The molecule has 1 aromatic heterocycles. The summed E-state index contributed by atoms with van der Waals surface area (Å²) in [6, 6.07) is 7.58. The Hall–Kier alpha value is -2.74. The predicted octanol–water partition coefficient (Wildman–Crippen LogP) is 1.82. The monoisotopic (exact) mass is 397 g/mol. The van der Waals surface area contributed by atoms with Crippen LogP contribution in [0.3, 0.4) is 0 Å². The van der Waals surface area contributed by atoms with Crippen LogP contribution < -0.4 is 21.3 Å². The van der Waals surface area contributed by atoms with Gasteiger partial charge < -0.3 is 21.3 Å². The zero-order valence-corrected chi connectivity index (χ0v) is 17.7. The minimum Gasteiger partial charge on any atom is -0.366 e. The van der Waals surface area contributed by atoms with Crippen LogP contribution >= 0.6 is 0 Å². The number of carbonyl (C=O) groups is 1. The maximum atomic E-state index is 11.5. The molecule has 4 N–H and O–H groups in total. The van der Waals surface area contributed by atoms with Gasteiger partial charge in [0, 0.05) is 38.2 Å². The lowest BCUT2D eigenvalue weighted by molar-refractivity contribution is 0.1000.